The predicted octanol–water partition coefficient (Wildman–Crippen LogP) is 4.21. The van der Waals surface area contributed by atoms with Crippen molar-refractivity contribution in [1.29, 1.82) is 0 Å². The summed E-state index contributed by atoms with van der Waals surface area (Å²) in [5, 5.41) is 0. The van der Waals surface area contributed by atoms with E-state index in [9.17, 15) is 4.79 Å². The number of aromatic nitrogens is 1. The van der Waals surface area contributed by atoms with E-state index in [0.29, 0.717) is 0 Å². The monoisotopic (exact) mass is 253 g/mol. The number of benzene rings is 1. The molecule has 2 nitrogen and oxygen atoms in total. The van der Waals surface area contributed by atoms with Crippen LogP contribution in [0.5, 0.6) is 0 Å². The summed E-state index contributed by atoms with van der Waals surface area (Å²) in [6, 6.07) is 9.95. The Balaban J connectivity index is 2.39. The first kappa shape index (κ1) is 13.5. The SMILES string of the molecule is CCCc1cnc(C)c(-c2ccc(C(C)=O)cc2)c1. The van der Waals surface area contributed by atoms with Gasteiger partial charge in [0.2, 0.25) is 0 Å². The van der Waals surface area contributed by atoms with Crippen LogP contribution >= 0.6 is 0 Å². The van der Waals surface area contributed by atoms with Gasteiger partial charge in [-0.3, -0.25) is 9.78 Å². The molecule has 0 aliphatic heterocycles. The molecule has 98 valence electrons. The van der Waals surface area contributed by atoms with Crippen molar-refractivity contribution in [2.45, 2.75) is 33.6 Å². The molecule has 0 saturated heterocycles. The number of ketones is 1. The summed E-state index contributed by atoms with van der Waals surface area (Å²) in [6.07, 6.45) is 4.12. The largest absolute Gasteiger partial charge is 0.295 e. The fraction of sp³-hybridized carbons (Fsp3) is 0.294. The molecule has 0 unspecified atom stereocenters. The molecule has 2 rings (SSSR count). The van der Waals surface area contributed by atoms with Crippen molar-refractivity contribution in [3.8, 4) is 11.1 Å². The smallest absolute Gasteiger partial charge is 0.159 e. The fourth-order valence-electron chi connectivity index (χ4n) is 2.18. The molecule has 0 spiro atoms. The van der Waals surface area contributed by atoms with Gasteiger partial charge >= 0.3 is 0 Å². The van der Waals surface area contributed by atoms with E-state index in [2.05, 4.69) is 18.0 Å². The molecule has 1 heterocycles. The molecule has 1 aromatic heterocycles. The number of Topliss-reactive ketones (excluding diaryl/α,β-unsaturated/α-hetero) is 1. The van der Waals surface area contributed by atoms with Crippen LogP contribution in [0, 0.1) is 6.92 Å². The van der Waals surface area contributed by atoms with Crippen LogP contribution in [0.25, 0.3) is 11.1 Å². The zero-order chi connectivity index (χ0) is 13.8. The number of hydrogen-bond acceptors (Lipinski definition) is 2. The standard InChI is InChI=1S/C17H19NO/c1-4-5-14-10-17(12(2)18-11-14)16-8-6-15(7-9-16)13(3)19/h6-11H,4-5H2,1-3H3. The molecule has 2 heteroatoms. The molecule has 0 radical (unpaired) electrons. The lowest BCUT2D eigenvalue weighted by atomic mass is 9.99. The highest BCUT2D eigenvalue weighted by Crippen LogP contribution is 2.24. The van der Waals surface area contributed by atoms with Crippen molar-refractivity contribution in [2.24, 2.45) is 0 Å². The molecule has 0 bridgehead atoms. The lowest BCUT2D eigenvalue weighted by Gasteiger charge is -2.08. The minimum atomic E-state index is 0.0983. The van der Waals surface area contributed by atoms with Gasteiger partial charge in [-0.1, -0.05) is 37.6 Å². The summed E-state index contributed by atoms with van der Waals surface area (Å²) in [4.78, 5) is 15.8. The second-order valence-electron chi connectivity index (χ2n) is 4.86. The van der Waals surface area contributed by atoms with E-state index in [4.69, 9.17) is 0 Å². The minimum absolute atomic E-state index is 0.0983. The summed E-state index contributed by atoms with van der Waals surface area (Å²) < 4.78 is 0. The van der Waals surface area contributed by atoms with E-state index in [0.717, 1.165) is 35.2 Å². The average molecular weight is 253 g/mol. The molecule has 0 amide bonds. The summed E-state index contributed by atoms with van der Waals surface area (Å²) in [5.41, 5.74) is 5.31. The predicted molar refractivity (Wildman–Crippen MR) is 78.4 cm³/mol. The van der Waals surface area contributed by atoms with E-state index in [1.54, 1.807) is 6.92 Å². The number of pyridine rings is 1. The molecular weight excluding hydrogens is 234 g/mol. The van der Waals surface area contributed by atoms with Crippen molar-refractivity contribution < 1.29 is 4.79 Å². The van der Waals surface area contributed by atoms with Crippen LogP contribution in [0.15, 0.2) is 36.5 Å². The topological polar surface area (TPSA) is 30.0 Å². The van der Waals surface area contributed by atoms with Gasteiger partial charge in [0.15, 0.2) is 5.78 Å². The van der Waals surface area contributed by atoms with Crippen LogP contribution in [-0.2, 0) is 6.42 Å². The number of hydrogen-bond donors (Lipinski definition) is 0. The van der Waals surface area contributed by atoms with Gasteiger partial charge in [-0.2, -0.15) is 0 Å². The highest BCUT2D eigenvalue weighted by Gasteiger charge is 2.06. The molecule has 1 aromatic carbocycles. The number of rotatable bonds is 4. The van der Waals surface area contributed by atoms with Gasteiger partial charge in [-0.05, 0) is 37.5 Å². The Morgan fingerprint density at radius 2 is 1.89 bits per heavy atom. The first-order chi connectivity index (χ1) is 9.11. The number of nitrogens with zero attached hydrogens (tertiary/aromatic N) is 1. The molecule has 0 N–H and O–H groups in total. The average Bonchev–Trinajstić information content (AvgIpc) is 2.41. The van der Waals surface area contributed by atoms with Gasteiger partial charge in [0.25, 0.3) is 0 Å². The molecule has 19 heavy (non-hydrogen) atoms. The first-order valence-corrected chi connectivity index (χ1v) is 6.68. The summed E-state index contributed by atoms with van der Waals surface area (Å²) in [7, 11) is 0. The maximum absolute atomic E-state index is 11.3. The summed E-state index contributed by atoms with van der Waals surface area (Å²) in [5.74, 6) is 0.0983. The Morgan fingerprint density at radius 3 is 2.47 bits per heavy atom. The van der Waals surface area contributed by atoms with Crippen molar-refractivity contribution in [3.63, 3.8) is 0 Å². The third-order valence-electron chi connectivity index (χ3n) is 3.28. The fourth-order valence-corrected chi connectivity index (χ4v) is 2.18. The summed E-state index contributed by atoms with van der Waals surface area (Å²) >= 11 is 0. The van der Waals surface area contributed by atoms with Crippen molar-refractivity contribution in [1.82, 2.24) is 4.98 Å². The second-order valence-corrected chi connectivity index (χ2v) is 4.86. The third-order valence-corrected chi connectivity index (χ3v) is 3.28. The van der Waals surface area contributed by atoms with E-state index in [-0.39, 0.29) is 5.78 Å². The Bertz CT molecular complexity index is 585. The third kappa shape index (κ3) is 3.08. The molecule has 0 aliphatic rings. The number of aryl methyl sites for hydroxylation is 2. The molecule has 0 atom stereocenters. The summed E-state index contributed by atoms with van der Waals surface area (Å²) in [6.45, 7) is 5.77. The molecule has 0 aliphatic carbocycles. The highest BCUT2D eigenvalue weighted by molar-refractivity contribution is 5.94. The van der Waals surface area contributed by atoms with Gasteiger partial charge in [-0.25, -0.2) is 0 Å². The molecule has 0 fully saturated rings. The lowest BCUT2D eigenvalue weighted by Crippen LogP contribution is -1.94. The lowest BCUT2D eigenvalue weighted by molar-refractivity contribution is 0.101. The Labute approximate surface area is 114 Å². The molecule has 0 saturated carbocycles. The van der Waals surface area contributed by atoms with Gasteiger partial charge in [0.1, 0.15) is 0 Å². The van der Waals surface area contributed by atoms with Crippen LogP contribution < -0.4 is 0 Å². The van der Waals surface area contributed by atoms with Crippen LogP contribution in [0.4, 0.5) is 0 Å². The Hall–Kier alpha value is -1.96. The molecule has 2 aromatic rings. The normalized spacial score (nSPS) is 10.5. The zero-order valence-corrected chi connectivity index (χ0v) is 11.7. The van der Waals surface area contributed by atoms with Gasteiger partial charge in [0.05, 0.1) is 0 Å². The maximum Gasteiger partial charge on any atom is 0.159 e. The van der Waals surface area contributed by atoms with Crippen molar-refractivity contribution in [2.75, 3.05) is 0 Å². The van der Waals surface area contributed by atoms with E-state index in [1.165, 1.54) is 5.56 Å². The maximum atomic E-state index is 11.3. The van der Waals surface area contributed by atoms with E-state index in [1.807, 2.05) is 37.4 Å². The van der Waals surface area contributed by atoms with Crippen molar-refractivity contribution >= 4 is 5.78 Å². The minimum Gasteiger partial charge on any atom is -0.295 e. The van der Waals surface area contributed by atoms with E-state index >= 15 is 0 Å². The Kier molecular flexibility index (Phi) is 4.10. The van der Waals surface area contributed by atoms with Crippen LogP contribution in [0.3, 0.4) is 0 Å². The van der Waals surface area contributed by atoms with Gasteiger partial charge in [-0.15, -0.1) is 0 Å². The number of carbonyl (C=O) groups is 1. The van der Waals surface area contributed by atoms with Crippen LogP contribution in [-0.4, -0.2) is 10.8 Å². The quantitative estimate of drug-likeness (QED) is 0.764. The number of carbonyl (C=O) groups excluding carboxylic acids is 1. The highest BCUT2D eigenvalue weighted by atomic mass is 16.1. The second kappa shape index (κ2) is 5.79. The van der Waals surface area contributed by atoms with Crippen molar-refractivity contribution in [3.05, 3.63) is 53.3 Å². The van der Waals surface area contributed by atoms with E-state index < -0.39 is 0 Å². The van der Waals surface area contributed by atoms with Crippen LogP contribution in [0.2, 0.25) is 0 Å². The Morgan fingerprint density at radius 1 is 1.21 bits per heavy atom. The zero-order valence-electron chi connectivity index (χ0n) is 11.7. The van der Waals surface area contributed by atoms with Crippen LogP contribution in [0.1, 0.15) is 41.9 Å². The van der Waals surface area contributed by atoms with Gasteiger partial charge < -0.3 is 0 Å². The van der Waals surface area contributed by atoms with Gasteiger partial charge in [0, 0.05) is 23.0 Å². The first-order valence-electron chi connectivity index (χ1n) is 6.68. The molecular formula is C17H19NO.